The first-order chi connectivity index (χ1) is 5.47. The van der Waals surface area contributed by atoms with Crippen molar-refractivity contribution in [1.29, 1.82) is 0 Å². The lowest BCUT2D eigenvalue weighted by Crippen LogP contribution is -2.24. The van der Waals surface area contributed by atoms with E-state index in [9.17, 15) is 0 Å². The van der Waals surface area contributed by atoms with Crippen LogP contribution in [0.5, 0.6) is 0 Å². The van der Waals surface area contributed by atoms with E-state index in [-0.39, 0.29) is 0 Å². The maximum Gasteiger partial charge on any atom is 0.242 e. The molecule has 1 aliphatic carbocycles. The molecule has 0 N–H and O–H groups in total. The third kappa shape index (κ3) is 3.26. The van der Waals surface area contributed by atoms with Crippen LogP contribution in [0.1, 0.15) is 19.8 Å². The molecule has 0 unspecified atom stereocenters. The van der Waals surface area contributed by atoms with Gasteiger partial charge in [0.25, 0.3) is 0 Å². The predicted molar refractivity (Wildman–Crippen MR) is 55.5 cm³/mol. The van der Waals surface area contributed by atoms with Gasteiger partial charge < -0.3 is 4.43 Å². The van der Waals surface area contributed by atoms with Gasteiger partial charge in [-0.15, -0.1) is 0 Å². The van der Waals surface area contributed by atoms with Crippen molar-refractivity contribution < 1.29 is 4.43 Å². The molecule has 2 heteroatoms. The van der Waals surface area contributed by atoms with Gasteiger partial charge in [-0.25, -0.2) is 0 Å². The molecule has 0 aliphatic heterocycles. The second-order valence-corrected chi connectivity index (χ2v) is 8.78. The van der Waals surface area contributed by atoms with Crippen LogP contribution in [0.2, 0.25) is 19.6 Å². The molecule has 0 saturated carbocycles. The van der Waals surface area contributed by atoms with Crippen molar-refractivity contribution in [3.05, 3.63) is 23.5 Å². The van der Waals surface area contributed by atoms with Crippen LogP contribution >= 0.6 is 0 Å². The molecule has 68 valence electrons. The zero-order chi connectivity index (χ0) is 9.19. The summed E-state index contributed by atoms with van der Waals surface area (Å²) in [4.78, 5) is 0. The quantitative estimate of drug-likeness (QED) is 0.594. The molecule has 0 amide bonds. The van der Waals surface area contributed by atoms with Crippen LogP contribution < -0.4 is 0 Å². The van der Waals surface area contributed by atoms with Crippen LogP contribution in [-0.2, 0) is 4.43 Å². The molecule has 0 saturated heterocycles. The van der Waals surface area contributed by atoms with Gasteiger partial charge in [0.2, 0.25) is 8.32 Å². The molecule has 0 aromatic heterocycles. The van der Waals surface area contributed by atoms with Gasteiger partial charge in [-0.05, 0) is 51.6 Å². The molecule has 12 heavy (non-hydrogen) atoms. The minimum Gasteiger partial charge on any atom is -0.545 e. The van der Waals surface area contributed by atoms with E-state index in [1.54, 1.807) is 0 Å². The highest BCUT2D eigenvalue weighted by Gasteiger charge is 2.17. The van der Waals surface area contributed by atoms with Crippen LogP contribution in [0.15, 0.2) is 23.5 Å². The van der Waals surface area contributed by atoms with Crippen LogP contribution in [0.25, 0.3) is 0 Å². The Labute approximate surface area is 76.3 Å². The smallest absolute Gasteiger partial charge is 0.242 e. The van der Waals surface area contributed by atoms with Gasteiger partial charge >= 0.3 is 0 Å². The zero-order valence-corrected chi connectivity index (χ0v) is 9.48. The predicted octanol–water partition coefficient (Wildman–Crippen LogP) is 3.46. The molecule has 1 aliphatic rings. The summed E-state index contributed by atoms with van der Waals surface area (Å²) in [6.07, 6.45) is 6.70. The Morgan fingerprint density at radius 1 is 1.33 bits per heavy atom. The largest absolute Gasteiger partial charge is 0.545 e. The molecule has 1 rings (SSSR count). The molecule has 0 aromatic rings. The van der Waals surface area contributed by atoms with Crippen molar-refractivity contribution in [3.63, 3.8) is 0 Å². The normalized spacial score (nSPS) is 18.3. The lowest BCUT2D eigenvalue weighted by molar-refractivity contribution is 0.434. The third-order valence-electron chi connectivity index (χ3n) is 1.70. The summed E-state index contributed by atoms with van der Waals surface area (Å²) in [5.74, 6) is 1.10. The molecule has 0 spiro atoms. The first kappa shape index (κ1) is 9.58. The molecule has 0 heterocycles. The van der Waals surface area contributed by atoms with Gasteiger partial charge in [0.05, 0.1) is 5.76 Å². The van der Waals surface area contributed by atoms with Crippen molar-refractivity contribution in [2.75, 3.05) is 0 Å². The summed E-state index contributed by atoms with van der Waals surface area (Å²) in [7, 11) is -1.39. The highest BCUT2D eigenvalue weighted by Crippen LogP contribution is 2.20. The fourth-order valence-electron chi connectivity index (χ4n) is 1.24. The third-order valence-corrected chi connectivity index (χ3v) is 2.54. The van der Waals surface area contributed by atoms with Gasteiger partial charge in [0.15, 0.2) is 0 Å². The molecular formula is C10H18OSi. The van der Waals surface area contributed by atoms with E-state index in [1.807, 2.05) is 0 Å². The summed E-state index contributed by atoms with van der Waals surface area (Å²) in [5.41, 5.74) is 1.44. The maximum absolute atomic E-state index is 5.87. The standard InChI is InChI=1S/C10H18OSi/c1-9-6-5-7-10(8-9)11-12(2,3)4/h7-8H,5-6H2,1-4H3. The fourth-order valence-corrected chi connectivity index (χ4v) is 2.09. The molecule has 0 fully saturated rings. The lowest BCUT2D eigenvalue weighted by Gasteiger charge is -2.22. The summed E-state index contributed by atoms with van der Waals surface area (Å²) >= 11 is 0. The molecule has 0 radical (unpaired) electrons. The maximum atomic E-state index is 5.87. The summed E-state index contributed by atoms with van der Waals surface area (Å²) in [6, 6.07) is 0. The topological polar surface area (TPSA) is 9.23 Å². The van der Waals surface area contributed by atoms with Crippen LogP contribution in [0.3, 0.4) is 0 Å². The van der Waals surface area contributed by atoms with E-state index in [0.717, 1.165) is 12.2 Å². The minimum absolute atomic E-state index is 1.10. The van der Waals surface area contributed by atoms with Crippen LogP contribution in [0.4, 0.5) is 0 Å². The van der Waals surface area contributed by atoms with Crippen LogP contribution in [0, 0.1) is 0 Å². The van der Waals surface area contributed by atoms with E-state index in [2.05, 4.69) is 38.7 Å². The molecule has 1 nitrogen and oxygen atoms in total. The van der Waals surface area contributed by atoms with Crippen molar-refractivity contribution in [2.24, 2.45) is 0 Å². The van der Waals surface area contributed by atoms with Crippen LogP contribution in [-0.4, -0.2) is 8.32 Å². The number of allylic oxidation sites excluding steroid dienone is 3. The van der Waals surface area contributed by atoms with Gasteiger partial charge in [0.1, 0.15) is 0 Å². The highest BCUT2D eigenvalue weighted by atomic mass is 28.4. The van der Waals surface area contributed by atoms with Crippen molar-refractivity contribution in [1.82, 2.24) is 0 Å². The molecule has 0 aromatic carbocycles. The van der Waals surface area contributed by atoms with Gasteiger partial charge in [-0.3, -0.25) is 0 Å². The van der Waals surface area contributed by atoms with E-state index in [0.29, 0.717) is 0 Å². The van der Waals surface area contributed by atoms with Crippen molar-refractivity contribution >= 4 is 8.32 Å². The van der Waals surface area contributed by atoms with E-state index in [4.69, 9.17) is 4.43 Å². The number of hydrogen-bond acceptors (Lipinski definition) is 1. The Hall–Kier alpha value is -0.503. The summed E-state index contributed by atoms with van der Waals surface area (Å²) in [5, 5.41) is 0. The fraction of sp³-hybridized carbons (Fsp3) is 0.600. The van der Waals surface area contributed by atoms with Gasteiger partial charge in [-0.2, -0.15) is 0 Å². The Morgan fingerprint density at radius 2 is 2.00 bits per heavy atom. The van der Waals surface area contributed by atoms with Crippen molar-refractivity contribution in [2.45, 2.75) is 39.4 Å². The van der Waals surface area contributed by atoms with E-state index < -0.39 is 8.32 Å². The second kappa shape index (κ2) is 3.48. The summed E-state index contributed by atoms with van der Waals surface area (Å²) < 4.78 is 5.87. The Balaban J connectivity index is 2.59. The first-order valence-corrected chi connectivity index (χ1v) is 7.94. The molecular weight excluding hydrogens is 164 g/mol. The zero-order valence-electron chi connectivity index (χ0n) is 8.48. The monoisotopic (exact) mass is 182 g/mol. The SMILES string of the molecule is CC1=CC(O[Si](C)(C)C)=CCC1. The summed E-state index contributed by atoms with van der Waals surface area (Å²) in [6.45, 7) is 8.81. The Kier molecular flexibility index (Phi) is 2.78. The first-order valence-electron chi connectivity index (χ1n) is 4.54. The average Bonchev–Trinajstić information content (AvgIpc) is 1.82. The minimum atomic E-state index is -1.39. The second-order valence-electron chi connectivity index (χ2n) is 4.35. The lowest BCUT2D eigenvalue weighted by atomic mass is 10.1. The van der Waals surface area contributed by atoms with Gasteiger partial charge in [0, 0.05) is 0 Å². The number of rotatable bonds is 2. The number of hydrogen-bond donors (Lipinski definition) is 0. The highest BCUT2D eigenvalue weighted by molar-refractivity contribution is 6.70. The Morgan fingerprint density at radius 3 is 2.50 bits per heavy atom. The molecule has 0 atom stereocenters. The van der Waals surface area contributed by atoms with E-state index >= 15 is 0 Å². The Bertz CT molecular complexity index is 220. The molecule has 0 bridgehead atoms. The van der Waals surface area contributed by atoms with Crippen molar-refractivity contribution in [3.8, 4) is 0 Å². The van der Waals surface area contributed by atoms with E-state index in [1.165, 1.54) is 12.0 Å². The van der Waals surface area contributed by atoms with Gasteiger partial charge in [-0.1, -0.05) is 5.57 Å². The average molecular weight is 182 g/mol.